The van der Waals surface area contributed by atoms with E-state index in [1.165, 1.54) is 0 Å². The van der Waals surface area contributed by atoms with Crippen LogP contribution in [0.1, 0.15) is 17.3 Å². The number of pyridine rings is 1. The van der Waals surface area contributed by atoms with E-state index in [9.17, 15) is 4.79 Å². The molecule has 0 saturated carbocycles. The molecule has 0 spiro atoms. The van der Waals surface area contributed by atoms with E-state index in [1.807, 2.05) is 12.1 Å². The van der Waals surface area contributed by atoms with Gasteiger partial charge >= 0.3 is 120 Å². The van der Waals surface area contributed by atoms with Crippen LogP contribution < -0.4 is 9.09 Å². The molecule has 1 heterocycles. The van der Waals surface area contributed by atoms with Crippen LogP contribution in [0.4, 0.5) is 0 Å². The zero-order chi connectivity index (χ0) is 13.7. The maximum atomic E-state index is 11.6. The van der Waals surface area contributed by atoms with E-state index in [0.717, 1.165) is 4.35 Å². The van der Waals surface area contributed by atoms with Crippen LogP contribution in [0.5, 0.6) is 11.6 Å². The Kier molecular flexibility index (Phi) is 4.58. The molecule has 0 aliphatic rings. The Hall–Kier alpha value is -1.80. The molecule has 4 nitrogen and oxygen atoms in total. The van der Waals surface area contributed by atoms with Gasteiger partial charge in [0.1, 0.15) is 0 Å². The van der Waals surface area contributed by atoms with Crippen molar-refractivity contribution in [1.29, 1.82) is 0 Å². The van der Waals surface area contributed by atoms with Crippen molar-refractivity contribution >= 4 is 27.2 Å². The molecule has 2 aromatic rings. The molecular weight excluding hydrogens is 305 g/mol. The fourth-order valence-electron chi connectivity index (χ4n) is 1.47. The SMILES string of the molecule is CCOC(=O)c1cccc(Oc2ncccc2[As])c1. The zero-order valence-corrected chi connectivity index (χ0v) is 12.2. The van der Waals surface area contributed by atoms with Crippen LogP contribution in [0.15, 0.2) is 42.6 Å². The van der Waals surface area contributed by atoms with Crippen LogP contribution in [0.25, 0.3) is 0 Å². The Balaban J connectivity index is 2.20. The van der Waals surface area contributed by atoms with Crippen LogP contribution in [0, 0.1) is 0 Å². The summed E-state index contributed by atoms with van der Waals surface area (Å²) in [6.45, 7) is 2.12. The van der Waals surface area contributed by atoms with E-state index >= 15 is 0 Å². The number of nitrogens with zero attached hydrogens (tertiary/aromatic N) is 1. The zero-order valence-electron chi connectivity index (χ0n) is 10.4. The second-order valence-electron chi connectivity index (χ2n) is 3.68. The summed E-state index contributed by atoms with van der Waals surface area (Å²) in [5, 5.41) is 0. The molecule has 2 rings (SSSR count). The molecule has 0 saturated heterocycles. The van der Waals surface area contributed by atoms with Crippen LogP contribution in [-0.2, 0) is 4.74 Å². The van der Waals surface area contributed by atoms with Gasteiger partial charge in [-0.15, -0.1) is 0 Å². The second-order valence-corrected chi connectivity index (χ2v) is 4.69. The van der Waals surface area contributed by atoms with Gasteiger partial charge in [-0.05, 0) is 0 Å². The fraction of sp³-hybridized carbons (Fsp3) is 0.143. The molecule has 1 aromatic carbocycles. The van der Waals surface area contributed by atoms with Crippen molar-refractivity contribution in [3.63, 3.8) is 0 Å². The van der Waals surface area contributed by atoms with Crippen molar-refractivity contribution < 1.29 is 14.3 Å². The third-order valence-electron chi connectivity index (χ3n) is 2.31. The van der Waals surface area contributed by atoms with E-state index in [-0.39, 0.29) is 5.97 Å². The van der Waals surface area contributed by atoms with E-state index in [0.29, 0.717) is 23.8 Å². The van der Waals surface area contributed by atoms with Crippen molar-refractivity contribution in [2.75, 3.05) is 6.61 Å². The number of carbonyl (C=O) groups is 1. The van der Waals surface area contributed by atoms with Crippen LogP contribution in [0.3, 0.4) is 0 Å². The summed E-state index contributed by atoms with van der Waals surface area (Å²) < 4.78 is 11.5. The number of ether oxygens (including phenoxy) is 2. The number of esters is 1. The summed E-state index contributed by atoms with van der Waals surface area (Å²) in [4.78, 5) is 15.8. The summed E-state index contributed by atoms with van der Waals surface area (Å²) in [6.07, 6.45) is 1.65. The predicted octanol–water partition coefficient (Wildman–Crippen LogP) is 1.84. The van der Waals surface area contributed by atoms with Crippen LogP contribution in [0.2, 0.25) is 0 Å². The quantitative estimate of drug-likeness (QED) is 0.638. The third-order valence-corrected chi connectivity index (χ3v) is 3.02. The Labute approximate surface area is 120 Å². The minimum atomic E-state index is -0.360. The summed E-state index contributed by atoms with van der Waals surface area (Å²) in [5.74, 6) is 0.696. The number of carbonyl (C=O) groups excluding carboxylic acids is 1. The summed E-state index contributed by atoms with van der Waals surface area (Å²) in [5.41, 5.74) is 0.461. The van der Waals surface area contributed by atoms with Gasteiger partial charge in [0.15, 0.2) is 0 Å². The molecule has 96 valence electrons. The van der Waals surface area contributed by atoms with Crippen molar-refractivity contribution in [2.24, 2.45) is 0 Å². The Bertz CT molecular complexity index is 586. The van der Waals surface area contributed by atoms with Gasteiger partial charge in [-0.2, -0.15) is 0 Å². The van der Waals surface area contributed by atoms with Gasteiger partial charge in [0.25, 0.3) is 0 Å². The Morgan fingerprint density at radius 3 is 2.89 bits per heavy atom. The van der Waals surface area contributed by atoms with Gasteiger partial charge in [0.2, 0.25) is 0 Å². The monoisotopic (exact) mass is 317 g/mol. The molecule has 0 aliphatic carbocycles. The molecular formula is C14H12AsNO3. The van der Waals surface area contributed by atoms with Gasteiger partial charge in [0, 0.05) is 0 Å². The average molecular weight is 317 g/mol. The van der Waals surface area contributed by atoms with E-state index in [2.05, 4.69) is 21.8 Å². The molecule has 0 bridgehead atoms. The molecule has 0 unspecified atom stereocenters. The molecule has 0 N–H and O–H groups in total. The van der Waals surface area contributed by atoms with Crippen molar-refractivity contribution in [2.45, 2.75) is 6.92 Å². The van der Waals surface area contributed by atoms with Crippen molar-refractivity contribution in [3.8, 4) is 11.6 Å². The Morgan fingerprint density at radius 2 is 2.16 bits per heavy atom. The minimum absolute atomic E-state index is 0.348. The topological polar surface area (TPSA) is 48.4 Å². The molecule has 0 aliphatic heterocycles. The number of hydrogen-bond donors (Lipinski definition) is 0. The Morgan fingerprint density at radius 1 is 1.32 bits per heavy atom. The molecule has 19 heavy (non-hydrogen) atoms. The predicted molar refractivity (Wildman–Crippen MR) is 72.1 cm³/mol. The fourth-order valence-corrected chi connectivity index (χ4v) is 1.87. The number of rotatable bonds is 4. The normalized spacial score (nSPS) is 10.0. The molecule has 5 heteroatoms. The van der Waals surface area contributed by atoms with E-state index < -0.39 is 0 Å². The number of aromatic nitrogens is 1. The first-order chi connectivity index (χ1) is 9.20. The molecule has 2 radical (unpaired) electrons. The van der Waals surface area contributed by atoms with Gasteiger partial charge in [-0.1, -0.05) is 0 Å². The third kappa shape index (κ3) is 3.58. The standard InChI is InChI=1S/C14H12AsNO3/c1-2-18-14(17)10-5-3-6-11(9-10)19-13-12(15)7-4-8-16-13/h3-9H,2H2,1H3. The second kappa shape index (κ2) is 6.39. The van der Waals surface area contributed by atoms with Crippen molar-refractivity contribution in [1.82, 2.24) is 4.98 Å². The van der Waals surface area contributed by atoms with Crippen molar-refractivity contribution in [3.05, 3.63) is 48.2 Å². The number of hydrogen-bond acceptors (Lipinski definition) is 4. The number of benzene rings is 1. The summed E-state index contributed by atoms with van der Waals surface area (Å²) in [6, 6.07) is 10.6. The van der Waals surface area contributed by atoms with Gasteiger partial charge in [-0.25, -0.2) is 0 Å². The van der Waals surface area contributed by atoms with E-state index in [4.69, 9.17) is 9.47 Å². The van der Waals surface area contributed by atoms with Crippen LogP contribution in [-0.4, -0.2) is 34.4 Å². The summed E-state index contributed by atoms with van der Waals surface area (Å²) >= 11 is 2.39. The first-order valence-corrected chi connectivity index (χ1v) is 6.73. The van der Waals surface area contributed by atoms with Gasteiger partial charge < -0.3 is 0 Å². The van der Waals surface area contributed by atoms with Gasteiger partial charge in [-0.3, -0.25) is 0 Å². The first kappa shape index (κ1) is 13.6. The molecule has 0 amide bonds. The maximum absolute atomic E-state index is 11.6. The van der Waals surface area contributed by atoms with Gasteiger partial charge in [0.05, 0.1) is 0 Å². The summed E-state index contributed by atoms with van der Waals surface area (Å²) in [7, 11) is 0. The first-order valence-electron chi connectivity index (χ1n) is 5.79. The molecule has 0 fully saturated rings. The van der Waals surface area contributed by atoms with Crippen LogP contribution >= 0.6 is 0 Å². The molecule has 0 atom stereocenters. The molecule has 1 aromatic heterocycles. The van der Waals surface area contributed by atoms with E-state index in [1.54, 1.807) is 37.4 Å². The average Bonchev–Trinajstić information content (AvgIpc) is 2.42.